The van der Waals surface area contributed by atoms with Crippen LogP contribution in [0, 0.1) is 0 Å². The zero-order valence-electron chi connectivity index (χ0n) is 18.6. The number of hydrogen-bond acceptors (Lipinski definition) is 7. The molecule has 3 aromatic carbocycles. The Morgan fingerprint density at radius 3 is 2.56 bits per heavy atom. The Labute approximate surface area is 212 Å². The van der Waals surface area contributed by atoms with Crippen molar-refractivity contribution in [3.63, 3.8) is 0 Å². The minimum Gasteiger partial charge on any atom is -0.489 e. The van der Waals surface area contributed by atoms with Crippen molar-refractivity contribution in [2.45, 2.75) is 40.6 Å². The lowest BCUT2D eigenvalue weighted by Crippen LogP contribution is -2.47. The van der Waals surface area contributed by atoms with Gasteiger partial charge in [0, 0.05) is 16.0 Å². The molecule has 5 nitrogen and oxygen atoms in total. The minimum absolute atomic E-state index is 0.240. The molecule has 0 saturated heterocycles. The number of nitrogens with zero attached hydrogens (tertiary/aromatic N) is 1. The molecule has 34 heavy (non-hydrogen) atoms. The molecular weight excluding hydrogens is 488 g/mol. The average Bonchev–Trinajstić information content (AvgIpc) is 3.26. The molecule has 0 fully saturated rings. The molecule has 0 spiro atoms. The highest BCUT2D eigenvalue weighted by atomic mass is 35.5. The maximum Gasteiger partial charge on any atom is 0.155 e. The van der Waals surface area contributed by atoms with Crippen LogP contribution in [0.3, 0.4) is 0 Å². The van der Waals surface area contributed by atoms with Crippen LogP contribution in [0.2, 0.25) is 5.02 Å². The van der Waals surface area contributed by atoms with Gasteiger partial charge in [-0.15, -0.1) is 11.3 Å². The maximum absolute atomic E-state index is 9.33. The number of hydrogen-bond donors (Lipinski definition) is 3. The number of fused-ring (bicyclic) bond motifs is 1. The third kappa shape index (κ3) is 6.50. The number of halogens is 1. The summed E-state index contributed by atoms with van der Waals surface area (Å²) in [7, 11) is 0. The molecule has 0 aliphatic rings. The summed E-state index contributed by atoms with van der Waals surface area (Å²) in [5.41, 5.74) is 8.06. The fourth-order valence-corrected chi connectivity index (χ4v) is 5.89. The fraction of sp³-hybridized carbons (Fsp3) is 0.269. The van der Waals surface area contributed by atoms with Gasteiger partial charge in [0.05, 0.1) is 29.0 Å². The molecule has 178 valence electrons. The van der Waals surface area contributed by atoms with E-state index in [0.29, 0.717) is 18.1 Å². The first-order valence-corrected chi connectivity index (χ1v) is 13.0. The third-order valence-corrected chi connectivity index (χ3v) is 8.01. The first-order chi connectivity index (χ1) is 16.5. The summed E-state index contributed by atoms with van der Waals surface area (Å²) in [6, 6.07) is 22.1. The summed E-state index contributed by atoms with van der Waals surface area (Å²) in [5.74, 6) is 0.800. The Morgan fingerprint density at radius 2 is 1.82 bits per heavy atom. The molecule has 4 N–H and O–H groups in total. The molecule has 1 aromatic heterocycles. The number of rotatable bonds is 11. The zero-order valence-corrected chi connectivity index (χ0v) is 21.0. The highest BCUT2D eigenvalue weighted by molar-refractivity contribution is 8.01. The number of aromatic nitrogens is 1. The SMILES string of the molecule is NC(CO)(CO)CCCc1ccc(Sc2nc3cc(OCc4ccccc4)ccc3s2)cc1Cl. The second-order valence-electron chi connectivity index (χ2n) is 8.27. The highest BCUT2D eigenvalue weighted by Crippen LogP contribution is 2.37. The normalized spacial score (nSPS) is 11.8. The Balaban J connectivity index is 1.37. The molecule has 0 amide bonds. The second-order valence-corrected chi connectivity index (χ2v) is 11.0. The number of ether oxygens (including phenoxy) is 1. The van der Waals surface area contributed by atoms with Crippen LogP contribution in [0.1, 0.15) is 24.0 Å². The van der Waals surface area contributed by atoms with Crippen LogP contribution in [-0.4, -0.2) is 33.9 Å². The van der Waals surface area contributed by atoms with Crippen molar-refractivity contribution in [1.29, 1.82) is 0 Å². The van der Waals surface area contributed by atoms with Gasteiger partial charge in [0.2, 0.25) is 0 Å². The van der Waals surface area contributed by atoms with Crippen molar-refractivity contribution < 1.29 is 14.9 Å². The van der Waals surface area contributed by atoms with Gasteiger partial charge < -0.3 is 20.7 Å². The van der Waals surface area contributed by atoms with E-state index in [9.17, 15) is 10.2 Å². The topological polar surface area (TPSA) is 88.6 Å². The van der Waals surface area contributed by atoms with Crippen molar-refractivity contribution >= 4 is 44.9 Å². The van der Waals surface area contributed by atoms with Crippen LogP contribution in [0.15, 0.2) is 76.0 Å². The van der Waals surface area contributed by atoms with Gasteiger partial charge in [-0.3, -0.25) is 0 Å². The number of aryl methyl sites for hydroxylation is 1. The van der Waals surface area contributed by atoms with E-state index in [2.05, 4.69) is 0 Å². The quantitative estimate of drug-likeness (QED) is 0.238. The van der Waals surface area contributed by atoms with Crippen molar-refractivity contribution in [3.05, 3.63) is 82.9 Å². The van der Waals surface area contributed by atoms with Crippen LogP contribution in [-0.2, 0) is 13.0 Å². The van der Waals surface area contributed by atoms with Gasteiger partial charge in [-0.05, 0) is 54.7 Å². The Bertz CT molecular complexity index is 1230. The molecule has 0 radical (unpaired) electrons. The molecule has 0 atom stereocenters. The minimum atomic E-state index is -0.943. The molecule has 0 saturated carbocycles. The summed E-state index contributed by atoms with van der Waals surface area (Å²) in [6.07, 6.45) is 1.99. The number of benzene rings is 3. The Hall–Kier alpha value is -2.13. The van der Waals surface area contributed by atoms with Crippen LogP contribution >= 0.6 is 34.7 Å². The Kier molecular flexibility index (Phi) is 8.47. The number of thiazole rings is 1. The lowest BCUT2D eigenvalue weighted by atomic mass is 9.94. The smallest absolute Gasteiger partial charge is 0.155 e. The number of aliphatic hydroxyl groups is 2. The molecule has 4 rings (SSSR count). The summed E-state index contributed by atoms with van der Waals surface area (Å²) >= 11 is 9.74. The predicted octanol–water partition coefficient (Wildman–Crippen LogP) is 5.68. The lowest BCUT2D eigenvalue weighted by Gasteiger charge is -2.24. The summed E-state index contributed by atoms with van der Waals surface area (Å²) in [4.78, 5) is 5.79. The van der Waals surface area contributed by atoms with Gasteiger partial charge in [-0.1, -0.05) is 59.8 Å². The summed E-state index contributed by atoms with van der Waals surface area (Å²) < 4.78 is 7.98. The predicted molar refractivity (Wildman–Crippen MR) is 140 cm³/mol. The lowest BCUT2D eigenvalue weighted by molar-refractivity contribution is 0.113. The number of nitrogens with two attached hydrogens (primary N) is 1. The van der Waals surface area contributed by atoms with E-state index in [1.807, 2.05) is 66.7 Å². The fourth-order valence-electron chi connectivity index (χ4n) is 3.49. The van der Waals surface area contributed by atoms with Crippen LogP contribution in [0.5, 0.6) is 5.75 Å². The molecule has 0 unspecified atom stereocenters. The van der Waals surface area contributed by atoms with Gasteiger partial charge in [-0.2, -0.15) is 0 Å². The summed E-state index contributed by atoms with van der Waals surface area (Å²) in [5, 5.41) is 19.4. The van der Waals surface area contributed by atoms with E-state index in [4.69, 9.17) is 27.1 Å². The molecule has 0 bridgehead atoms. The van der Waals surface area contributed by atoms with Crippen LogP contribution in [0.25, 0.3) is 10.2 Å². The van der Waals surface area contributed by atoms with E-state index in [1.165, 1.54) is 0 Å². The van der Waals surface area contributed by atoms with E-state index in [0.717, 1.165) is 49.2 Å². The van der Waals surface area contributed by atoms with Gasteiger partial charge in [-0.25, -0.2) is 4.98 Å². The van der Waals surface area contributed by atoms with E-state index >= 15 is 0 Å². The second kappa shape index (κ2) is 11.5. The molecule has 1 heterocycles. The van der Waals surface area contributed by atoms with E-state index in [1.54, 1.807) is 23.1 Å². The molecule has 0 aliphatic heterocycles. The molecular formula is C26H27ClN2O3S2. The van der Waals surface area contributed by atoms with Gasteiger partial charge in [0.15, 0.2) is 4.34 Å². The van der Waals surface area contributed by atoms with E-state index in [-0.39, 0.29) is 13.2 Å². The average molecular weight is 515 g/mol. The maximum atomic E-state index is 9.33. The molecule has 0 aliphatic carbocycles. The van der Waals surface area contributed by atoms with E-state index < -0.39 is 5.54 Å². The summed E-state index contributed by atoms with van der Waals surface area (Å²) in [6.45, 7) is 0.0421. The molecule has 4 aromatic rings. The highest BCUT2D eigenvalue weighted by Gasteiger charge is 2.22. The third-order valence-electron chi connectivity index (χ3n) is 5.57. The van der Waals surface area contributed by atoms with Gasteiger partial charge in [0.25, 0.3) is 0 Å². The van der Waals surface area contributed by atoms with Crippen molar-refractivity contribution in [3.8, 4) is 5.75 Å². The van der Waals surface area contributed by atoms with Crippen molar-refractivity contribution in [1.82, 2.24) is 4.98 Å². The zero-order chi connectivity index (χ0) is 24.0. The van der Waals surface area contributed by atoms with Gasteiger partial charge >= 0.3 is 0 Å². The Morgan fingerprint density at radius 1 is 1.03 bits per heavy atom. The van der Waals surface area contributed by atoms with Crippen LogP contribution in [0.4, 0.5) is 0 Å². The van der Waals surface area contributed by atoms with Crippen LogP contribution < -0.4 is 10.5 Å². The first kappa shape index (κ1) is 25.0. The first-order valence-electron chi connectivity index (χ1n) is 11.0. The largest absolute Gasteiger partial charge is 0.489 e. The monoisotopic (exact) mass is 514 g/mol. The van der Waals surface area contributed by atoms with Crippen molar-refractivity contribution in [2.75, 3.05) is 13.2 Å². The van der Waals surface area contributed by atoms with Crippen molar-refractivity contribution in [2.24, 2.45) is 5.73 Å². The standard InChI is InChI=1S/C26H27ClN2O3S2/c27-22-14-21(10-8-19(22)7-4-12-26(28,16-30)17-31)33-25-29-23-13-20(9-11-24(23)34-25)32-15-18-5-2-1-3-6-18/h1-3,5-6,8-11,13-14,30-31H,4,7,12,15-17,28H2. The van der Waals surface area contributed by atoms with Gasteiger partial charge in [0.1, 0.15) is 12.4 Å². The number of aliphatic hydroxyl groups excluding tert-OH is 2. The molecule has 8 heteroatoms.